The molecule has 0 aromatic carbocycles. The zero-order valence-corrected chi connectivity index (χ0v) is 9.17. The standard InChI is InChI=1S/C11H19N3/c1-9(2)7-13-8-10-4-5-14-11(6-10)12-3/h4-6,9,13H,7-8H2,1-3H3,(H,12,14). The summed E-state index contributed by atoms with van der Waals surface area (Å²) in [6, 6.07) is 4.10. The molecule has 0 atom stereocenters. The van der Waals surface area contributed by atoms with Crippen molar-refractivity contribution in [1.29, 1.82) is 0 Å². The molecule has 0 aliphatic heterocycles. The highest BCUT2D eigenvalue weighted by molar-refractivity contribution is 5.36. The van der Waals surface area contributed by atoms with Crippen molar-refractivity contribution in [2.24, 2.45) is 5.92 Å². The maximum Gasteiger partial charge on any atom is 0.125 e. The number of hydrogen-bond donors (Lipinski definition) is 2. The Kier molecular flexibility index (Phi) is 4.40. The molecule has 0 saturated heterocycles. The van der Waals surface area contributed by atoms with Crippen LogP contribution in [0.25, 0.3) is 0 Å². The topological polar surface area (TPSA) is 37.0 Å². The van der Waals surface area contributed by atoms with Gasteiger partial charge in [0.25, 0.3) is 0 Å². The van der Waals surface area contributed by atoms with Crippen LogP contribution in [0.2, 0.25) is 0 Å². The number of rotatable bonds is 5. The number of hydrogen-bond acceptors (Lipinski definition) is 3. The summed E-state index contributed by atoms with van der Waals surface area (Å²) in [5.41, 5.74) is 1.27. The number of pyridine rings is 1. The first-order valence-electron chi connectivity index (χ1n) is 5.05. The minimum absolute atomic E-state index is 0.695. The number of nitrogens with zero attached hydrogens (tertiary/aromatic N) is 1. The van der Waals surface area contributed by atoms with Crippen LogP contribution in [0.15, 0.2) is 18.3 Å². The summed E-state index contributed by atoms with van der Waals surface area (Å²) in [5, 5.41) is 6.42. The van der Waals surface area contributed by atoms with E-state index >= 15 is 0 Å². The first-order valence-corrected chi connectivity index (χ1v) is 5.05. The van der Waals surface area contributed by atoms with Gasteiger partial charge in [-0.25, -0.2) is 4.98 Å². The van der Waals surface area contributed by atoms with Crippen molar-refractivity contribution in [1.82, 2.24) is 10.3 Å². The maximum atomic E-state index is 4.16. The van der Waals surface area contributed by atoms with Gasteiger partial charge in [-0.3, -0.25) is 0 Å². The van der Waals surface area contributed by atoms with Gasteiger partial charge in [0.1, 0.15) is 5.82 Å². The lowest BCUT2D eigenvalue weighted by molar-refractivity contribution is 0.552. The molecular weight excluding hydrogens is 174 g/mol. The van der Waals surface area contributed by atoms with Crippen molar-refractivity contribution in [3.8, 4) is 0 Å². The molecule has 0 amide bonds. The summed E-state index contributed by atoms with van der Waals surface area (Å²) >= 11 is 0. The summed E-state index contributed by atoms with van der Waals surface area (Å²) in [7, 11) is 1.88. The van der Waals surface area contributed by atoms with Crippen molar-refractivity contribution in [3.05, 3.63) is 23.9 Å². The van der Waals surface area contributed by atoms with Crippen molar-refractivity contribution in [3.63, 3.8) is 0 Å². The van der Waals surface area contributed by atoms with Gasteiger partial charge in [0.15, 0.2) is 0 Å². The van der Waals surface area contributed by atoms with Crippen LogP contribution in [0.1, 0.15) is 19.4 Å². The zero-order chi connectivity index (χ0) is 10.4. The predicted octanol–water partition coefficient (Wildman–Crippen LogP) is 1.87. The van der Waals surface area contributed by atoms with Gasteiger partial charge in [-0.1, -0.05) is 13.8 Å². The molecule has 1 aromatic heterocycles. The Morgan fingerprint density at radius 3 is 2.86 bits per heavy atom. The lowest BCUT2D eigenvalue weighted by Gasteiger charge is -2.08. The van der Waals surface area contributed by atoms with Gasteiger partial charge >= 0.3 is 0 Å². The molecule has 3 heteroatoms. The summed E-state index contributed by atoms with van der Waals surface area (Å²) in [5.74, 6) is 1.62. The van der Waals surface area contributed by atoms with Gasteiger partial charge in [-0.15, -0.1) is 0 Å². The average Bonchev–Trinajstić information content (AvgIpc) is 2.18. The maximum absolute atomic E-state index is 4.16. The molecular formula is C11H19N3. The van der Waals surface area contributed by atoms with E-state index in [1.807, 2.05) is 19.3 Å². The van der Waals surface area contributed by atoms with Gasteiger partial charge in [-0.2, -0.15) is 0 Å². The van der Waals surface area contributed by atoms with E-state index in [1.54, 1.807) is 0 Å². The molecule has 0 saturated carbocycles. The Balaban J connectivity index is 2.42. The molecule has 14 heavy (non-hydrogen) atoms. The van der Waals surface area contributed by atoms with E-state index in [9.17, 15) is 0 Å². The van der Waals surface area contributed by atoms with E-state index < -0.39 is 0 Å². The summed E-state index contributed by atoms with van der Waals surface area (Å²) in [6.07, 6.45) is 1.83. The zero-order valence-electron chi connectivity index (χ0n) is 9.17. The Morgan fingerprint density at radius 1 is 1.43 bits per heavy atom. The van der Waals surface area contributed by atoms with Crippen molar-refractivity contribution < 1.29 is 0 Å². The predicted molar refractivity (Wildman–Crippen MR) is 60.3 cm³/mol. The highest BCUT2D eigenvalue weighted by Gasteiger charge is 1.96. The van der Waals surface area contributed by atoms with Gasteiger partial charge in [0, 0.05) is 19.8 Å². The second-order valence-electron chi connectivity index (χ2n) is 3.82. The average molecular weight is 193 g/mol. The largest absolute Gasteiger partial charge is 0.373 e. The number of nitrogens with one attached hydrogen (secondary N) is 2. The van der Waals surface area contributed by atoms with Crippen LogP contribution in [0.4, 0.5) is 5.82 Å². The molecule has 1 aromatic rings. The quantitative estimate of drug-likeness (QED) is 0.749. The Bertz CT molecular complexity index is 271. The molecule has 78 valence electrons. The lowest BCUT2D eigenvalue weighted by Crippen LogP contribution is -2.19. The summed E-state index contributed by atoms with van der Waals surface area (Å²) < 4.78 is 0. The molecule has 0 aliphatic carbocycles. The molecule has 0 unspecified atom stereocenters. The van der Waals surface area contributed by atoms with E-state index in [2.05, 4.69) is 35.5 Å². The molecule has 0 bridgehead atoms. The molecule has 3 nitrogen and oxygen atoms in total. The van der Waals surface area contributed by atoms with Crippen LogP contribution < -0.4 is 10.6 Å². The monoisotopic (exact) mass is 193 g/mol. The van der Waals surface area contributed by atoms with E-state index in [4.69, 9.17) is 0 Å². The highest BCUT2D eigenvalue weighted by atomic mass is 14.9. The molecule has 0 radical (unpaired) electrons. The van der Waals surface area contributed by atoms with Crippen molar-refractivity contribution in [2.45, 2.75) is 20.4 Å². The Labute approximate surface area is 85.9 Å². The normalized spacial score (nSPS) is 10.6. The smallest absolute Gasteiger partial charge is 0.125 e. The fourth-order valence-electron chi connectivity index (χ4n) is 1.23. The third-order valence-electron chi connectivity index (χ3n) is 1.96. The van der Waals surface area contributed by atoms with E-state index in [0.717, 1.165) is 18.9 Å². The molecule has 1 heterocycles. The van der Waals surface area contributed by atoms with Crippen LogP contribution in [0.5, 0.6) is 0 Å². The third kappa shape index (κ3) is 3.75. The van der Waals surface area contributed by atoms with E-state index in [-0.39, 0.29) is 0 Å². The van der Waals surface area contributed by atoms with Crippen molar-refractivity contribution >= 4 is 5.82 Å². The van der Waals surface area contributed by atoms with Gasteiger partial charge < -0.3 is 10.6 Å². The minimum atomic E-state index is 0.695. The SMILES string of the molecule is CNc1cc(CNCC(C)C)ccn1. The fourth-order valence-corrected chi connectivity index (χ4v) is 1.23. The summed E-state index contributed by atoms with van der Waals surface area (Å²) in [4.78, 5) is 4.16. The highest BCUT2D eigenvalue weighted by Crippen LogP contribution is 2.05. The lowest BCUT2D eigenvalue weighted by atomic mass is 10.2. The van der Waals surface area contributed by atoms with Crippen LogP contribution >= 0.6 is 0 Å². The molecule has 0 aliphatic rings. The number of anilines is 1. The van der Waals surface area contributed by atoms with Gasteiger partial charge in [0.05, 0.1) is 0 Å². The second-order valence-corrected chi connectivity index (χ2v) is 3.82. The first kappa shape index (κ1) is 11.0. The number of aromatic nitrogens is 1. The molecule has 1 rings (SSSR count). The van der Waals surface area contributed by atoms with Gasteiger partial charge in [-0.05, 0) is 30.2 Å². The van der Waals surface area contributed by atoms with Gasteiger partial charge in [0.2, 0.25) is 0 Å². The van der Waals surface area contributed by atoms with E-state index in [0.29, 0.717) is 5.92 Å². The van der Waals surface area contributed by atoms with Crippen LogP contribution in [0.3, 0.4) is 0 Å². The summed E-state index contributed by atoms with van der Waals surface area (Å²) in [6.45, 7) is 6.38. The second kappa shape index (κ2) is 5.60. The molecule has 0 fully saturated rings. The van der Waals surface area contributed by atoms with Crippen LogP contribution in [-0.2, 0) is 6.54 Å². The molecule has 2 N–H and O–H groups in total. The minimum Gasteiger partial charge on any atom is -0.373 e. The molecule has 0 spiro atoms. The Morgan fingerprint density at radius 2 is 2.21 bits per heavy atom. The first-order chi connectivity index (χ1) is 6.72. The Hall–Kier alpha value is -1.09. The van der Waals surface area contributed by atoms with E-state index in [1.165, 1.54) is 5.56 Å². The van der Waals surface area contributed by atoms with Crippen LogP contribution in [0, 0.1) is 5.92 Å². The third-order valence-corrected chi connectivity index (χ3v) is 1.96. The van der Waals surface area contributed by atoms with Crippen LogP contribution in [-0.4, -0.2) is 18.6 Å². The fraction of sp³-hybridized carbons (Fsp3) is 0.545. The van der Waals surface area contributed by atoms with Crippen molar-refractivity contribution in [2.75, 3.05) is 18.9 Å².